The van der Waals surface area contributed by atoms with Gasteiger partial charge in [0.1, 0.15) is 33.3 Å². The van der Waals surface area contributed by atoms with Gasteiger partial charge in [0.25, 0.3) is 0 Å². The van der Waals surface area contributed by atoms with Crippen LogP contribution < -0.4 is 90.9 Å². The van der Waals surface area contributed by atoms with Gasteiger partial charge in [0, 0.05) is 23.1 Å². The topological polar surface area (TPSA) is 333 Å². The van der Waals surface area contributed by atoms with Gasteiger partial charge in [-0.25, -0.2) is 40.2 Å². The molecule has 0 saturated carbocycles. The number of anilines is 5. The summed E-state index contributed by atoms with van der Waals surface area (Å²) in [6.07, 6.45) is 13.7. The van der Waals surface area contributed by atoms with Crippen molar-refractivity contribution in [3.63, 3.8) is 0 Å². The van der Waals surface area contributed by atoms with E-state index in [1.165, 1.54) is 39.5 Å². The zero-order valence-electron chi connectivity index (χ0n) is 52.2. The van der Waals surface area contributed by atoms with Crippen molar-refractivity contribution in [2.24, 2.45) is 10.2 Å². The molecule has 4 aromatic carbocycles. The summed E-state index contributed by atoms with van der Waals surface area (Å²) in [5, 5.41) is 43.4. The predicted octanol–water partition coefficient (Wildman–Crippen LogP) is -1.79. The molecule has 8 rings (SSSR count). The molecule has 1 N–H and O–H groups in total. The molecule has 0 aliphatic rings. The normalized spacial score (nSPS) is 10.4. The van der Waals surface area contributed by atoms with Gasteiger partial charge in [0.2, 0.25) is 5.13 Å². The number of terminal acetylenes is 2. The molecule has 0 bridgehead atoms. The Balaban J connectivity index is 0.00000150. The van der Waals surface area contributed by atoms with E-state index in [1.807, 2.05) is 17.9 Å². The number of nitriles is 1. The van der Waals surface area contributed by atoms with Crippen LogP contribution in [-0.2, 0) is 65.4 Å². The van der Waals surface area contributed by atoms with Gasteiger partial charge in [-0.2, -0.15) is 19.4 Å². The third-order valence-corrected chi connectivity index (χ3v) is 15.0. The summed E-state index contributed by atoms with van der Waals surface area (Å²) in [6.45, 7) is 16.2. The minimum Gasteiger partial charge on any atom is -0.748 e. The third-order valence-electron chi connectivity index (χ3n) is 11.6. The minimum atomic E-state index is -4.72. The van der Waals surface area contributed by atoms with Crippen LogP contribution >= 0.6 is 34.7 Å². The van der Waals surface area contributed by atoms with Gasteiger partial charge in [-0.15, -0.1) is 23.1 Å². The van der Waals surface area contributed by atoms with Crippen LogP contribution in [0.25, 0.3) is 25.6 Å². The van der Waals surface area contributed by atoms with E-state index in [-0.39, 0.29) is 91.7 Å². The first-order chi connectivity index (χ1) is 41.1. The number of hydrogen-bond acceptors (Lipinski definition) is 24. The molecular weight excluding hydrogens is 1260 g/mol. The first-order valence-electron chi connectivity index (χ1n) is 25.5. The van der Waals surface area contributed by atoms with E-state index in [0.29, 0.717) is 84.8 Å². The summed E-state index contributed by atoms with van der Waals surface area (Å²) in [5.41, 5.74) is 11.2. The van der Waals surface area contributed by atoms with E-state index < -0.39 is 30.4 Å². The molecule has 0 amide bonds. The van der Waals surface area contributed by atoms with Crippen molar-refractivity contribution < 1.29 is 129 Å². The summed E-state index contributed by atoms with van der Waals surface area (Å²) in [5.74, 6) is 19.4. The number of benzene rings is 4. The minimum absolute atomic E-state index is 0. The predicted molar refractivity (Wildman–Crippen MR) is 332 cm³/mol. The maximum Gasteiger partial charge on any atom is 1.00 e. The van der Waals surface area contributed by atoms with Crippen molar-refractivity contribution >= 4 is 125 Å². The Bertz CT molecular complexity index is 4510. The number of aromatic nitrogens is 5. The Morgan fingerprint density at radius 3 is 1.67 bits per heavy atom. The Hall–Kier alpha value is -6.14. The Kier molecular flexibility index (Phi) is 34.7. The van der Waals surface area contributed by atoms with Gasteiger partial charge >= 0.3 is 75.4 Å². The Morgan fingerprint density at radius 2 is 1.18 bits per heavy atom. The van der Waals surface area contributed by atoms with Crippen molar-refractivity contribution in [1.29, 1.82) is 5.26 Å². The molecule has 0 aliphatic carbocycles. The molecule has 4 heterocycles. The van der Waals surface area contributed by atoms with Crippen LogP contribution in [0.2, 0.25) is 0 Å². The van der Waals surface area contributed by atoms with Crippen LogP contribution in [0.15, 0.2) is 86.7 Å². The van der Waals surface area contributed by atoms with E-state index in [2.05, 4.69) is 139 Å². The molecule has 32 heteroatoms. The molecule has 4 aromatic heterocycles. The van der Waals surface area contributed by atoms with Crippen molar-refractivity contribution in [3.05, 3.63) is 117 Å². The molecule has 450 valence electrons. The van der Waals surface area contributed by atoms with Gasteiger partial charge in [-0.3, -0.25) is 9.94 Å². The summed E-state index contributed by atoms with van der Waals surface area (Å²) in [4.78, 5) is 17.5. The summed E-state index contributed by atoms with van der Waals surface area (Å²) >= 11 is 3.33. The average molecular weight is 1310 g/mol. The second-order valence-corrected chi connectivity index (χ2v) is 25.1. The Morgan fingerprint density at radius 1 is 0.681 bits per heavy atom. The monoisotopic (exact) mass is 1310 g/mol. The number of fused-ring (bicyclic) bond motifs is 2. The largest absolute Gasteiger partial charge is 1.00 e. The van der Waals surface area contributed by atoms with E-state index in [4.69, 9.17) is 64.0 Å². The van der Waals surface area contributed by atoms with E-state index in [1.54, 1.807) is 31.2 Å². The molecule has 0 fully saturated rings. The van der Waals surface area contributed by atoms with Gasteiger partial charge in [0.15, 0.2) is 16.8 Å². The maximum absolute atomic E-state index is 12.1. The van der Waals surface area contributed by atoms with Crippen LogP contribution in [0.1, 0.15) is 77.9 Å². The maximum atomic E-state index is 12.1. The molecule has 0 saturated heterocycles. The van der Waals surface area contributed by atoms with Gasteiger partial charge in [-0.05, 0) is 171 Å². The SMILES string of the molecule is C#CC#CC#CC#CC#C.CCc1cc(C)cc(CC)c1Nc1nc(N(c2nc3ccc(S(=O)(=O)[O-])cc3s2)c2c(CC)cc(C)cc2CC)cc(C)c1N=Nc1c(C#N)c(C)nn1-c1nc2ccc(SOO[O-])cc2s1.CS(=O)(=O)[O-].CS(=O)(=O)[O-].[Li+].[Li+].[Li+].[Li+]. The van der Waals surface area contributed by atoms with E-state index in [0.717, 1.165) is 74.3 Å². The number of nitrogens with one attached hydrogen (secondary N) is 1. The fourth-order valence-electron chi connectivity index (χ4n) is 8.22. The van der Waals surface area contributed by atoms with Crippen LogP contribution in [0.4, 0.5) is 39.6 Å². The van der Waals surface area contributed by atoms with Crippen LogP contribution in [0, 0.1) is 99.2 Å². The number of nitrogens with zero attached hydrogens (tertiary/aromatic N) is 9. The zero-order valence-corrected chi connectivity index (χ0v) is 57.1. The Labute approximate surface area is 590 Å². The van der Waals surface area contributed by atoms with Gasteiger partial charge in [0.05, 0.1) is 69.0 Å². The summed E-state index contributed by atoms with van der Waals surface area (Å²) < 4.78 is 98.1. The number of rotatable bonds is 16. The molecule has 0 atom stereocenters. The van der Waals surface area contributed by atoms with Gasteiger partial charge in [-0.1, -0.05) is 85.8 Å². The van der Waals surface area contributed by atoms with Crippen molar-refractivity contribution in [3.8, 4) is 71.4 Å². The summed E-state index contributed by atoms with van der Waals surface area (Å²) in [6, 6.07) is 22.3. The number of aryl methyl sites for hydroxylation is 8. The first-order valence-corrected chi connectivity index (χ1v) is 32.9. The third kappa shape index (κ3) is 24.4. The van der Waals surface area contributed by atoms with Crippen molar-refractivity contribution in [2.45, 2.75) is 90.9 Å². The first kappa shape index (κ1) is 82.9. The smallest absolute Gasteiger partial charge is 0.748 e. The fourth-order valence-corrected chi connectivity index (χ4v) is 11.2. The number of thiazole rings is 2. The molecule has 91 heavy (non-hydrogen) atoms. The van der Waals surface area contributed by atoms with Crippen molar-refractivity contribution in [2.75, 3.05) is 22.7 Å². The standard InChI is InChI=1S/C47H46N10O6S4.C10H2.2CH4O3S.4Li/c1-9-29-17-25(5)18-30(10-2)42(29)52-44-41(53-54-45-35(24-48)28(8)55-57(45)47-50-36-15-13-33(66-63-62-58)22-38(36)65-47)27(7)21-40(51-44)56(43-31(11-3)19-26(6)20-32(43)12-4)46-49-37-16-14-34(67(59,60)61)23-39(37)64-46;1-3-5-7-9-10-8-6-4-2;2*1-5(2,3)4;;;;/h13-23,58H,9-12H2,1-8H3,(H,51,52)(H,59,60,61);1-2H;2*1H3,(H,2,3,4);;;;/q;;;;4*+1/p-4. The quantitative estimate of drug-likeness (QED) is 0.0212. The van der Waals surface area contributed by atoms with E-state index >= 15 is 0 Å². The molecular formula is C59H52Li4N10O12S6. The molecule has 0 spiro atoms. The number of pyridine rings is 1. The molecule has 0 radical (unpaired) electrons. The number of azo groups is 1. The average Bonchev–Trinajstić information content (AvgIpc) is 1.76. The number of hydrogen-bond donors (Lipinski definition) is 1. The zero-order chi connectivity index (χ0) is 64.4. The van der Waals surface area contributed by atoms with E-state index in [9.17, 15) is 23.5 Å². The van der Waals surface area contributed by atoms with Crippen molar-refractivity contribution in [1.82, 2.24) is 24.7 Å². The molecule has 0 aliphatic heterocycles. The second-order valence-electron chi connectivity index (χ2n) is 18.1. The summed E-state index contributed by atoms with van der Waals surface area (Å²) in [7, 11) is -12.6. The molecule has 0 unspecified atom stereocenters. The molecule has 8 aromatic rings. The van der Waals surface area contributed by atoms with Crippen LogP contribution in [0.3, 0.4) is 0 Å². The van der Waals surface area contributed by atoms with Gasteiger partial charge < -0.3 is 24.2 Å². The fraction of sp³-hybridized carbons (Fsp3) is 0.237. The van der Waals surface area contributed by atoms with Crippen LogP contribution in [-0.4, -0.2) is 76.2 Å². The molecule has 22 nitrogen and oxygen atoms in total. The van der Waals surface area contributed by atoms with Crippen LogP contribution in [0.5, 0.6) is 0 Å². The second kappa shape index (κ2) is 38.1.